The maximum Gasteiger partial charge on any atom is 0.235 e. The molecular formula is C7H11N5O. The molecule has 0 saturated carbocycles. The van der Waals surface area contributed by atoms with Crippen LogP contribution in [0.4, 0.5) is 5.69 Å². The minimum atomic E-state index is 0.502. The molecule has 2 aromatic rings. The molecule has 0 saturated heterocycles. The van der Waals surface area contributed by atoms with Crippen molar-refractivity contribution in [2.24, 2.45) is 0 Å². The summed E-state index contributed by atoms with van der Waals surface area (Å²) >= 11 is 0. The van der Waals surface area contributed by atoms with Crippen LogP contribution in [0.25, 0.3) is 5.65 Å². The van der Waals surface area contributed by atoms with Crippen LogP contribution in [0.3, 0.4) is 0 Å². The van der Waals surface area contributed by atoms with E-state index in [1.165, 1.54) is 4.63 Å². The van der Waals surface area contributed by atoms with Crippen molar-refractivity contribution in [3.8, 4) is 5.88 Å². The van der Waals surface area contributed by atoms with Gasteiger partial charge in [0.1, 0.15) is 11.5 Å². The zero-order chi connectivity index (χ0) is 9.42. The molecule has 6 nitrogen and oxygen atoms in total. The van der Waals surface area contributed by atoms with Crippen molar-refractivity contribution in [2.75, 3.05) is 12.3 Å². The molecule has 0 atom stereocenters. The van der Waals surface area contributed by atoms with Gasteiger partial charge in [-0.2, -0.15) is 0 Å². The van der Waals surface area contributed by atoms with Crippen molar-refractivity contribution in [3.05, 3.63) is 5.82 Å². The van der Waals surface area contributed by atoms with Crippen LogP contribution >= 0.6 is 0 Å². The molecule has 6 heteroatoms. The Morgan fingerprint density at radius 1 is 1.62 bits per heavy atom. The van der Waals surface area contributed by atoms with E-state index < -0.39 is 0 Å². The van der Waals surface area contributed by atoms with Gasteiger partial charge in [-0.1, -0.05) is 0 Å². The number of rotatable bonds is 2. The maximum absolute atomic E-state index is 5.76. The summed E-state index contributed by atoms with van der Waals surface area (Å²) in [7, 11) is 0. The molecule has 0 spiro atoms. The van der Waals surface area contributed by atoms with Gasteiger partial charge in [0, 0.05) is 0 Å². The van der Waals surface area contributed by atoms with E-state index in [2.05, 4.69) is 15.2 Å². The summed E-state index contributed by atoms with van der Waals surface area (Å²) < 4.78 is 6.75. The molecule has 70 valence electrons. The largest absolute Gasteiger partial charge is 0.477 e. The fraction of sp³-hybridized carbons (Fsp3) is 0.429. The van der Waals surface area contributed by atoms with E-state index in [0.717, 1.165) is 0 Å². The molecule has 0 amide bonds. The van der Waals surface area contributed by atoms with Crippen LogP contribution in [0.5, 0.6) is 5.88 Å². The Labute approximate surface area is 74.7 Å². The lowest BCUT2D eigenvalue weighted by Gasteiger charge is -1.97. The highest BCUT2D eigenvalue weighted by molar-refractivity contribution is 5.70. The Morgan fingerprint density at radius 2 is 2.38 bits per heavy atom. The van der Waals surface area contributed by atoms with Gasteiger partial charge in [0.15, 0.2) is 0 Å². The normalized spacial score (nSPS) is 10.9. The number of aryl methyl sites for hydroxylation is 1. The van der Waals surface area contributed by atoms with Crippen LogP contribution in [0.2, 0.25) is 0 Å². The summed E-state index contributed by atoms with van der Waals surface area (Å²) in [5.41, 5.74) is 6.87. The number of H-pyrrole nitrogens is 1. The van der Waals surface area contributed by atoms with E-state index in [-0.39, 0.29) is 0 Å². The number of nitrogens with zero attached hydrogens (tertiary/aromatic N) is 3. The fourth-order valence-corrected chi connectivity index (χ4v) is 1.18. The number of hydrogen-bond donors (Lipinski definition) is 2. The Balaban J connectivity index is 2.56. The second kappa shape index (κ2) is 2.65. The van der Waals surface area contributed by atoms with Crippen molar-refractivity contribution in [1.29, 1.82) is 0 Å². The molecule has 2 aromatic heterocycles. The van der Waals surface area contributed by atoms with E-state index in [9.17, 15) is 0 Å². The third-order valence-corrected chi connectivity index (χ3v) is 1.69. The Kier molecular flexibility index (Phi) is 1.61. The minimum Gasteiger partial charge on any atom is -0.477 e. The third kappa shape index (κ3) is 1.10. The maximum atomic E-state index is 5.76. The summed E-state index contributed by atoms with van der Waals surface area (Å²) in [5, 5.41) is 6.95. The summed E-state index contributed by atoms with van der Waals surface area (Å²) in [6, 6.07) is 0. The molecule has 0 aromatic carbocycles. The molecule has 2 rings (SSSR count). The zero-order valence-corrected chi connectivity index (χ0v) is 7.53. The minimum absolute atomic E-state index is 0.502. The third-order valence-electron chi connectivity index (χ3n) is 1.69. The second-order valence-corrected chi connectivity index (χ2v) is 2.68. The van der Waals surface area contributed by atoms with Crippen molar-refractivity contribution in [2.45, 2.75) is 13.8 Å². The molecule has 2 heterocycles. The molecule has 0 unspecified atom stereocenters. The molecule has 0 aliphatic carbocycles. The van der Waals surface area contributed by atoms with Crippen LogP contribution < -0.4 is 10.5 Å². The van der Waals surface area contributed by atoms with E-state index in [1.807, 2.05) is 6.92 Å². The number of nitrogens with two attached hydrogens (primary N) is 1. The zero-order valence-electron chi connectivity index (χ0n) is 7.53. The number of fused-ring (bicyclic) bond motifs is 1. The molecule has 3 N–H and O–H groups in total. The number of aromatic amines is 1. The van der Waals surface area contributed by atoms with Crippen LogP contribution in [0.15, 0.2) is 0 Å². The quantitative estimate of drug-likeness (QED) is 0.700. The molecule has 0 aliphatic heterocycles. The van der Waals surface area contributed by atoms with Crippen molar-refractivity contribution in [1.82, 2.24) is 19.8 Å². The average molecular weight is 181 g/mol. The van der Waals surface area contributed by atoms with E-state index in [0.29, 0.717) is 29.6 Å². The molecule has 0 fully saturated rings. The van der Waals surface area contributed by atoms with Crippen LogP contribution in [0.1, 0.15) is 12.7 Å². The predicted molar refractivity (Wildman–Crippen MR) is 47.7 cm³/mol. The van der Waals surface area contributed by atoms with Crippen molar-refractivity contribution in [3.63, 3.8) is 0 Å². The predicted octanol–water partition coefficient (Wildman–Crippen LogP) is 0.347. The summed E-state index contributed by atoms with van der Waals surface area (Å²) in [6.07, 6.45) is 0. The monoisotopic (exact) mass is 181 g/mol. The first-order valence-electron chi connectivity index (χ1n) is 4.06. The van der Waals surface area contributed by atoms with Crippen molar-refractivity contribution >= 4 is 11.3 Å². The van der Waals surface area contributed by atoms with Gasteiger partial charge in [-0.25, -0.2) is 10.1 Å². The van der Waals surface area contributed by atoms with Gasteiger partial charge in [-0.15, -0.1) is 9.73 Å². The summed E-state index contributed by atoms with van der Waals surface area (Å²) in [5.74, 6) is 1.21. The Bertz CT molecular complexity index is 429. The number of hydrogen-bond acceptors (Lipinski definition) is 4. The first kappa shape index (κ1) is 7.90. The molecule has 0 bridgehead atoms. The summed E-state index contributed by atoms with van der Waals surface area (Å²) in [6.45, 7) is 4.26. The van der Waals surface area contributed by atoms with Gasteiger partial charge in [-0.05, 0) is 13.8 Å². The van der Waals surface area contributed by atoms with E-state index in [4.69, 9.17) is 10.5 Å². The van der Waals surface area contributed by atoms with Gasteiger partial charge >= 0.3 is 0 Å². The number of anilines is 1. The van der Waals surface area contributed by atoms with Crippen LogP contribution in [-0.4, -0.2) is 26.4 Å². The molecule has 0 radical (unpaired) electrons. The lowest BCUT2D eigenvalue weighted by atomic mass is 10.5. The van der Waals surface area contributed by atoms with Gasteiger partial charge in [-0.3, -0.25) is 0 Å². The Morgan fingerprint density at radius 3 is 3.00 bits per heavy atom. The fourth-order valence-electron chi connectivity index (χ4n) is 1.18. The number of nitrogen functional groups attached to an aromatic ring is 1. The highest BCUT2D eigenvalue weighted by atomic mass is 16.5. The summed E-state index contributed by atoms with van der Waals surface area (Å²) in [4.78, 5) is 4.13. The molecule has 0 aliphatic rings. The first-order valence-corrected chi connectivity index (χ1v) is 4.06. The van der Waals surface area contributed by atoms with Gasteiger partial charge in [0.25, 0.3) is 0 Å². The van der Waals surface area contributed by atoms with Crippen LogP contribution in [0, 0.1) is 6.92 Å². The highest BCUT2D eigenvalue weighted by Crippen LogP contribution is 2.23. The topological polar surface area (TPSA) is 81.2 Å². The van der Waals surface area contributed by atoms with Gasteiger partial charge < -0.3 is 10.5 Å². The number of ether oxygens (including phenoxy) is 1. The van der Waals surface area contributed by atoms with Crippen molar-refractivity contribution < 1.29 is 4.74 Å². The van der Waals surface area contributed by atoms with E-state index >= 15 is 0 Å². The van der Waals surface area contributed by atoms with E-state index in [1.54, 1.807) is 6.92 Å². The average Bonchev–Trinajstić information content (AvgIpc) is 2.54. The molecular weight excluding hydrogens is 170 g/mol. The van der Waals surface area contributed by atoms with Gasteiger partial charge in [0.2, 0.25) is 11.5 Å². The molecule has 13 heavy (non-hydrogen) atoms. The lowest BCUT2D eigenvalue weighted by Crippen LogP contribution is -1.96. The van der Waals surface area contributed by atoms with Gasteiger partial charge in [0.05, 0.1) is 6.61 Å². The number of aromatic nitrogens is 4. The standard InChI is InChI=1S/C7H11N5O/c1-3-13-7-5(8)6-9-4(2)10-12(6)11-7/h11H,3,8H2,1-2H3. The second-order valence-electron chi connectivity index (χ2n) is 2.68. The number of nitrogens with one attached hydrogen (secondary N) is 1. The lowest BCUT2D eigenvalue weighted by molar-refractivity contribution is 0.325. The van der Waals surface area contributed by atoms with Crippen LogP contribution in [-0.2, 0) is 0 Å². The Hall–Kier alpha value is -1.72. The SMILES string of the molecule is CCOc1[nH]n2nc(C)nc2c1N. The smallest absolute Gasteiger partial charge is 0.235 e. The first-order chi connectivity index (χ1) is 6.22. The highest BCUT2D eigenvalue weighted by Gasteiger charge is 2.12.